The minimum atomic E-state index is -0.638. The third-order valence-electron chi connectivity index (χ3n) is 2.68. The van der Waals surface area contributed by atoms with Gasteiger partial charge in [0, 0.05) is 30.4 Å². The first kappa shape index (κ1) is 11.7. The van der Waals surface area contributed by atoms with Crippen LogP contribution in [0.3, 0.4) is 0 Å². The summed E-state index contributed by atoms with van der Waals surface area (Å²) in [5.74, 6) is -1.25. The molecule has 0 fully saturated rings. The van der Waals surface area contributed by atoms with Crippen molar-refractivity contribution in [3.05, 3.63) is 52.9 Å². The lowest BCUT2D eigenvalue weighted by Gasteiger charge is -2.12. The minimum Gasteiger partial charge on any atom is -0.320 e. The van der Waals surface area contributed by atoms with Crippen molar-refractivity contribution in [2.24, 2.45) is 12.8 Å². The summed E-state index contributed by atoms with van der Waals surface area (Å²) in [7, 11) is 1.77. The molecule has 1 unspecified atom stereocenters. The smallest absolute Gasteiger partial charge is 0.131 e. The van der Waals surface area contributed by atoms with Crippen molar-refractivity contribution in [1.82, 2.24) is 9.78 Å². The van der Waals surface area contributed by atoms with Gasteiger partial charge in [-0.3, -0.25) is 4.68 Å². The van der Waals surface area contributed by atoms with E-state index in [1.165, 1.54) is 12.1 Å². The van der Waals surface area contributed by atoms with Crippen molar-refractivity contribution in [3.8, 4) is 0 Å². The SMILES string of the molecule is Cc1nn(C)cc1C(N)c1ccc(F)cc1F. The second kappa shape index (κ2) is 4.25. The van der Waals surface area contributed by atoms with Crippen LogP contribution in [-0.2, 0) is 7.05 Å². The summed E-state index contributed by atoms with van der Waals surface area (Å²) in [6.07, 6.45) is 1.74. The highest BCUT2D eigenvalue weighted by atomic mass is 19.1. The highest BCUT2D eigenvalue weighted by molar-refractivity contribution is 5.33. The van der Waals surface area contributed by atoms with Crippen molar-refractivity contribution in [3.63, 3.8) is 0 Å². The summed E-state index contributed by atoms with van der Waals surface area (Å²) >= 11 is 0. The zero-order chi connectivity index (χ0) is 12.6. The van der Waals surface area contributed by atoms with Gasteiger partial charge < -0.3 is 5.73 Å². The number of aryl methyl sites for hydroxylation is 2. The summed E-state index contributed by atoms with van der Waals surface area (Å²) < 4.78 is 28.0. The minimum absolute atomic E-state index is 0.266. The Morgan fingerprint density at radius 3 is 2.53 bits per heavy atom. The van der Waals surface area contributed by atoms with E-state index in [-0.39, 0.29) is 5.56 Å². The first-order valence-corrected chi connectivity index (χ1v) is 5.19. The van der Waals surface area contributed by atoms with Crippen LogP contribution in [0.1, 0.15) is 22.9 Å². The van der Waals surface area contributed by atoms with Gasteiger partial charge in [0.15, 0.2) is 0 Å². The number of rotatable bonds is 2. The number of hydrogen-bond acceptors (Lipinski definition) is 2. The summed E-state index contributed by atoms with van der Waals surface area (Å²) in [5.41, 5.74) is 7.71. The van der Waals surface area contributed by atoms with Gasteiger partial charge in [-0.2, -0.15) is 5.10 Å². The van der Waals surface area contributed by atoms with Crippen LogP contribution in [0.5, 0.6) is 0 Å². The highest BCUT2D eigenvalue weighted by Gasteiger charge is 2.18. The van der Waals surface area contributed by atoms with E-state index in [1.54, 1.807) is 24.9 Å². The van der Waals surface area contributed by atoms with E-state index in [4.69, 9.17) is 5.73 Å². The lowest BCUT2D eigenvalue weighted by Crippen LogP contribution is -2.14. The lowest BCUT2D eigenvalue weighted by atomic mass is 10.00. The Kier molecular flexibility index (Phi) is 2.93. The van der Waals surface area contributed by atoms with E-state index in [2.05, 4.69) is 5.10 Å². The molecule has 0 aliphatic rings. The molecular formula is C12H13F2N3. The van der Waals surface area contributed by atoms with Gasteiger partial charge in [0.25, 0.3) is 0 Å². The summed E-state index contributed by atoms with van der Waals surface area (Å²) in [6.45, 7) is 1.80. The molecule has 90 valence electrons. The van der Waals surface area contributed by atoms with Crippen LogP contribution in [-0.4, -0.2) is 9.78 Å². The Morgan fingerprint density at radius 2 is 2.00 bits per heavy atom. The lowest BCUT2D eigenvalue weighted by molar-refractivity contribution is 0.565. The number of hydrogen-bond donors (Lipinski definition) is 1. The van der Waals surface area contributed by atoms with E-state index < -0.39 is 17.7 Å². The molecule has 2 aromatic rings. The van der Waals surface area contributed by atoms with Crippen LogP contribution >= 0.6 is 0 Å². The van der Waals surface area contributed by atoms with E-state index >= 15 is 0 Å². The van der Waals surface area contributed by atoms with Gasteiger partial charge >= 0.3 is 0 Å². The predicted molar refractivity (Wildman–Crippen MR) is 60.3 cm³/mol. The van der Waals surface area contributed by atoms with Crippen LogP contribution in [0.25, 0.3) is 0 Å². The van der Waals surface area contributed by atoms with Crippen LogP contribution in [0.4, 0.5) is 8.78 Å². The first-order valence-electron chi connectivity index (χ1n) is 5.19. The molecule has 0 spiro atoms. The number of benzene rings is 1. The second-order valence-corrected chi connectivity index (χ2v) is 3.99. The molecule has 2 N–H and O–H groups in total. The fourth-order valence-corrected chi connectivity index (χ4v) is 1.84. The zero-order valence-corrected chi connectivity index (χ0v) is 9.61. The van der Waals surface area contributed by atoms with Crippen molar-refractivity contribution in [2.75, 3.05) is 0 Å². The number of halogens is 2. The fourth-order valence-electron chi connectivity index (χ4n) is 1.84. The monoisotopic (exact) mass is 237 g/mol. The van der Waals surface area contributed by atoms with Crippen LogP contribution in [0, 0.1) is 18.6 Å². The molecule has 0 saturated carbocycles. The van der Waals surface area contributed by atoms with Crippen LogP contribution in [0.2, 0.25) is 0 Å². The van der Waals surface area contributed by atoms with Crippen molar-refractivity contribution < 1.29 is 8.78 Å². The summed E-state index contributed by atoms with van der Waals surface area (Å²) in [4.78, 5) is 0. The van der Waals surface area contributed by atoms with Gasteiger partial charge in [-0.1, -0.05) is 6.07 Å². The van der Waals surface area contributed by atoms with E-state index in [1.807, 2.05) is 0 Å². The normalized spacial score (nSPS) is 12.8. The van der Waals surface area contributed by atoms with Crippen molar-refractivity contribution in [1.29, 1.82) is 0 Å². The number of nitrogens with zero attached hydrogens (tertiary/aromatic N) is 2. The van der Waals surface area contributed by atoms with Gasteiger partial charge in [-0.15, -0.1) is 0 Å². The van der Waals surface area contributed by atoms with E-state index in [0.717, 1.165) is 17.3 Å². The fraction of sp³-hybridized carbons (Fsp3) is 0.250. The molecule has 1 heterocycles. The standard InChI is InChI=1S/C12H13F2N3/c1-7-10(6-17(2)16-7)12(15)9-4-3-8(13)5-11(9)14/h3-6,12H,15H2,1-2H3. The molecule has 3 nitrogen and oxygen atoms in total. The maximum Gasteiger partial charge on any atom is 0.131 e. The molecule has 0 aliphatic heterocycles. The van der Waals surface area contributed by atoms with Gasteiger partial charge in [0.1, 0.15) is 11.6 Å². The maximum absolute atomic E-state index is 13.6. The maximum atomic E-state index is 13.6. The molecular weight excluding hydrogens is 224 g/mol. The molecule has 1 atom stereocenters. The average molecular weight is 237 g/mol. The van der Waals surface area contributed by atoms with E-state index in [9.17, 15) is 8.78 Å². The van der Waals surface area contributed by atoms with Crippen molar-refractivity contribution >= 4 is 0 Å². The zero-order valence-electron chi connectivity index (χ0n) is 9.61. The Bertz CT molecular complexity index is 549. The molecule has 5 heteroatoms. The summed E-state index contributed by atoms with van der Waals surface area (Å²) in [5, 5.41) is 4.15. The third-order valence-corrected chi connectivity index (χ3v) is 2.68. The Balaban J connectivity index is 2.43. The van der Waals surface area contributed by atoms with Gasteiger partial charge in [0.05, 0.1) is 11.7 Å². The molecule has 0 amide bonds. The Hall–Kier alpha value is -1.75. The van der Waals surface area contributed by atoms with Gasteiger partial charge in [0.2, 0.25) is 0 Å². The molecule has 0 bridgehead atoms. The molecule has 0 saturated heterocycles. The van der Waals surface area contributed by atoms with Crippen molar-refractivity contribution in [2.45, 2.75) is 13.0 Å². The largest absolute Gasteiger partial charge is 0.320 e. The number of nitrogens with two attached hydrogens (primary N) is 1. The van der Waals surface area contributed by atoms with Gasteiger partial charge in [-0.05, 0) is 13.0 Å². The quantitative estimate of drug-likeness (QED) is 0.868. The topological polar surface area (TPSA) is 43.8 Å². The van der Waals surface area contributed by atoms with E-state index in [0.29, 0.717) is 0 Å². The van der Waals surface area contributed by atoms with Crippen LogP contribution in [0.15, 0.2) is 24.4 Å². The van der Waals surface area contributed by atoms with Gasteiger partial charge in [-0.25, -0.2) is 8.78 Å². The molecule has 1 aromatic heterocycles. The van der Waals surface area contributed by atoms with Crippen LogP contribution < -0.4 is 5.73 Å². The summed E-state index contributed by atoms with van der Waals surface area (Å²) in [6, 6.07) is 2.76. The number of aromatic nitrogens is 2. The average Bonchev–Trinajstić information content (AvgIpc) is 2.57. The second-order valence-electron chi connectivity index (χ2n) is 3.99. The third kappa shape index (κ3) is 2.19. The molecule has 2 rings (SSSR count). The molecule has 0 radical (unpaired) electrons. The molecule has 0 aliphatic carbocycles. The Labute approximate surface area is 97.9 Å². The molecule has 17 heavy (non-hydrogen) atoms. The predicted octanol–water partition coefficient (Wildman–Crippen LogP) is 2.05. The highest BCUT2D eigenvalue weighted by Crippen LogP contribution is 2.24. The Morgan fingerprint density at radius 1 is 1.29 bits per heavy atom. The first-order chi connectivity index (χ1) is 7.99. The molecule has 1 aromatic carbocycles.